The molecule has 0 radical (unpaired) electrons. The van der Waals surface area contributed by atoms with Gasteiger partial charge in [-0.05, 0) is 32.0 Å². The first kappa shape index (κ1) is 19.5. The second-order valence-electron chi connectivity index (χ2n) is 7.22. The van der Waals surface area contributed by atoms with E-state index in [1.807, 2.05) is 32.0 Å². The zero-order valence-corrected chi connectivity index (χ0v) is 17.2. The third-order valence-electron chi connectivity index (χ3n) is 4.65. The summed E-state index contributed by atoms with van der Waals surface area (Å²) in [6.45, 7) is 5.21. The Balaban J connectivity index is 1.46. The number of aromatic nitrogens is 3. The minimum Gasteiger partial charge on any atom is -0.372 e. The Morgan fingerprint density at radius 3 is 2.72 bits per heavy atom. The summed E-state index contributed by atoms with van der Waals surface area (Å²) in [5.41, 5.74) is 2.04. The van der Waals surface area contributed by atoms with Crippen LogP contribution in [0.5, 0.6) is 0 Å². The molecule has 1 N–H and O–H groups in total. The Labute approximate surface area is 172 Å². The van der Waals surface area contributed by atoms with Crippen molar-refractivity contribution in [2.45, 2.75) is 26.1 Å². The lowest BCUT2D eigenvalue weighted by Gasteiger charge is -2.37. The van der Waals surface area contributed by atoms with Gasteiger partial charge in [-0.1, -0.05) is 0 Å². The van der Waals surface area contributed by atoms with E-state index in [0.717, 1.165) is 5.56 Å². The van der Waals surface area contributed by atoms with E-state index in [4.69, 9.17) is 4.74 Å². The highest BCUT2D eigenvalue weighted by Gasteiger charge is 2.24. The van der Waals surface area contributed by atoms with E-state index in [2.05, 4.69) is 15.4 Å². The number of nitrogens with one attached hydrogen (secondary N) is 1. The molecule has 1 aliphatic rings. The number of hydrogen-bond acceptors (Lipinski definition) is 6. The van der Waals surface area contributed by atoms with Crippen LogP contribution in [0.15, 0.2) is 36.0 Å². The van der Waals surface area contributed by atoms with Crippen molar-refractivity contribution in [3.63, 3.8) is 0 Å². The topological polar surface area (TPSA) is 72.3 Å². The molecule has 1 aliphatic heterocycles. The summed E-state index contributed by atoms with van der Waals surface area (Å²) in [6, 6.07) is 4.74. The van der Waals surface area contributed by atoms with E-state index in [9.17, 15) is 9.18 Å². The van der Waals surface area contributed by atoms with E-state index >= 15 is 0 Å². The molecular weight excluding hydrogens is 393 g/mol. The third-order valence-corrected chi connectivity index (χ3v) is 5.55. The number of amides is 1. The lowest BCUT2D eigenvalue weighted by Crippen LogP contribution is -2.45. The molecule has 1 saturated heterocycles. The molecule has 4 rings (SSSR count). The number of thiazole rings is 1. The number of halogens is 1. The predicted molar refractivity (Wildman–Crippen MR) is 111 cm³/mol. The molecule has 0 unspecified atom stereocenters. The number of ether oxygens (including phenoxy) is 1. The van der Waals surface area contributed by atoms with Gasteiger partial charge in [0.25, 0.3) is 5.91 Å². The highest BCUT2D eigenvalue weighted by molar-refractivity contribution is 7.13. The maximum Gasteiger partial charge on any atom is 0.275 e. The van der Waals surface area contributed by atoms with Crippen LogP contribution < -0.4 is 10.2 Å². The molecule has 2 aromatic heterocycles. The van der Waals surface area contributed by atoms with Crippen molar-refractivity contribution in [2.24, 2.45) is 7.05 Å². The van der Waals surface area contributed by atoms with Crippen LogP contribution in [0.3, 0.4) is 0 Å². The molecule has 1 aromatic carbocycles. The van der Waals surface area contributed by atoms with Gasteiger partial charge in [0, 0.05) is 43.0 Å². The Hall–Kier alpha value is -2.78. The van der Waals surface area contributed by atoms with Crippen LogP contribution in [0.25, 0.3) is 10.6 Å². The van der Waals surface area contributed by atoms with Gasteiger partial charge < -0.3 is 15.0 Å². The largest absolute Gasteiger partial charge is 0.372 e. The second-order valence-corrected chi connectivity index (χ2v) is 8.08. The molecule has 152 valence electrons. The molecule has 0 spiro atoms. The van der Waals surface area contributed by atoms with Gasteiger partial charge in [0.1, 0.15) is 16.5 Å². The minimum atomic E-state index is -0.378. The molecule has 3 heterocycles. The van der Waals surface area contributed by atoms with Crippen LogP contribution in [-0.2, 0) is 11.8 Å². The number of rotatable bonds is 4. The molecule has 9 heteroatoms. The fraction of sp³-hybridized carbons (Fsp3) is 0.350. The van der Waals surface area contributed by atoms with Crippen molar-refractivity contribution in [1.29, 1.82) is 0 Å². The van der Waals surface area contributed by atoms with Crippen molar-refractivity contribution >= 4 is 28.6 Å². The van der Waals surface area contributed by atoms with Crippen LogP contribution >= 0.6 is 11.3 Å². The molecule has 29 heavy (non-hydrogen) atoms. The van der Waals surface area contributed by atoms with Crippen LogP contribution in [-0.4, -0.2) is 46.0 Å². The minimum absolute atomic E-state index is 0.0382. The standard InChI is InChI=1S/C20H22FN5O2S/c1-12-8-26(9-13(2)28-12)18-5-4-15(6-16(18)21)23-19(27)17-11-29-20(24-17)14-7-22-25(3)10-14/h4-7,10-13H,8-9H2,1-3H3,(H,23,27)/t12-,13-/m1/s1. The predicted octanol–water partition coefficient (Wildman–Crippen LogP) is 3.55. The number of nitrogens with zero attached hydrogens (tertiary/aromatic N) is 4. The van der Waals surface area contributed by atoms with Gasteiger partial charge in [-0.3, -0.25) is 9.48 Å². The average Bonchev–Trinajstić information content (AvgIpc) is 3.30. The van der Waals surface area contributed by atoms with Gasteiger partial charge in [0.2, 0.25) is 0 Å². The Morgan fingerprint density at radius 1 is 1.31 bits per heavy atom. The van der Waals surface area contributed by atoms with E-state index in [1.165, 1.54) is 17.4 Å². The summed E-state index contributed by atoms with van der Waals surface area (Å²) in [5, 5.41) is 9.22. The maximum atomic E-state index is 14.7. The summed E-state index contributed by atoms with van der Waals surface area (Å²) in [4.78, 5) is 18.8. The monoisotopic (exact) mass is 415 g/mol. The molecule has 1 amide bonds. The van der Waals surface area contributed by atoms with Crippen molar-refractivity contribution < 1.29 is 13.9 Å². The van der Waals surface area contributed by atoms with Gasteiger partial charge >= 0.3 is 0 Å². The molecular formula is C20H22FN5O2S. The van der Waals surface area contributed by atoms with Crippen LogP contribution in [0.4, 0.5) is 15.8 Å². The van der Waals surface area contributed by atoms with Crippen molar-refractivity contribution in [2.75, 3.05) is 23.3 Å². The van der Waals surface area contributed by atoms with Gasteiger partial charge in [-0.15, -0.1) is 11.3 Å². The van der Waals surface area contributed by atoms with Gasteiger partial charge in [0.05, 0.1) is 24.1 Å². The van der Waals surface area contributed by atoms with Crippen molar-refractivity contribution in [3.8, 4) is 10.6 Å². The van der Waals surface area contributed by atoms with E-state index < -0.39 is 0 Å². The van der Waals surface area contributed by atoms with E-state index in [-0.39, 0.29) is 29.6 Å². The Morgan fingerprint density at radius 2 is 2.07 bits per heavy atom. The van der Waals surface area contributed by atoms with Crippen LogP contribution in [0, 0.1) is 5.82 Å². The first-order valence-corrected chi connectivity index (χ1v) is 10.2. The number of carbonyl (C=O) groups excluding carboxylic acids is 1. The molecule has 1 fully saturated rings. The van der Waals surface area contributed by atoms with Gasteiger partial charge in [0.15, 0.2) is 0 Å². The average molecular weight is 415 g/mol. The number of benzene rings is 1. The summed E-state index contributed by atoms with van der Waals surface area (Å²) >= 11 is 1.36. The number of morpholine rings is 1. The van der Waals surface area contributed by atoms with Gasteiger partial charge in [-0.2, -0.15) is 5.10 Å². The molecule has 3 aromatic rings. The lowest BCUT2D eigenvalue weighted by atomic mass is 10.2. The van der Waals surface area contributed by atoms with E-state index in [1.54, 1.807) is 28.4 Å². The number of hydrogen-bond donors (Lipinski definition) is 1. The summed E-state index contributed by atoms with van der Waals surface area (Å²) in [5.74, 6) is -0.754. The first-order chi connectivity index (χ1) is 13.9. The molecule has 2 atom stereocenters. The molecule has 0 bridgehead atoms. The zero-order chi connectivity index (χ0) is 20.5. The van der Waals surface area contributed by atoms with Crippen molar-refractivity contribution in [1.82, 2.24) is 14.8 Å². The highest BCUT2D eigenvalue weighted by atomic mass is 32.1. The smallest absolute Gasteiger partial charge is 0.275 e. The lowest BCUT2D eigenvalue weighted by molar-refractivity contribution is -0.00539. The number of carbonyl (C=O) groups is 1. The highest BCUT2D eigenvalue weighted by Crippen LogP contribution is 2.27. The SMILES string of the molecule is C[C@@H]1CN(c2ccc(NC(=O)c3csc(-c4cnn(C)c4)n3)cc2F)C[C@@H](C)O1. The molecule has 0 saturated carbocycles. The van der Waals surface area contributed by atoms with E-state index in [0.29, 0.717) is 29.5 Å². The first-order valence-electron chi connectivity index (χ1n) is 9.35. The van der Waals surface area contributed by atoms with Crippen molar-refractivity contribution in [3.05, 3.63) is 47.5 Å². The van der Waals surface area contributed by atoms with Crippen LogP contribution in [0.1, 0.15) is 24.3 Å². The Bertz CT molecular complexity index is 1020. The second kappa shape index (κ2) is 7.92. The fourth-order valence-electron chi connectivity index (χ4n) is 3.45. The molecule has 0 aliphatic carbocycles. The summed E-state index contributed by atoms with van der Waals surface area (Å²) in [6.07, 6.45) is 3.61. The summed E-state index contributed by atoms with van der Waals surface area (Å²) < 4.78 is 22.1. The third kappa shape index (κ3) is 4.30. The fourth-order valence-corrected chi connectivity index (χ4v) is 4.23. The van der Waals surface area contributed by atoms with Crippen LogP contribution in [0.2, 0.25) is 0 Å². The zero-order valence-electron chi connectivity index (χ0n) is 16.4. The number of anilines is 2. The quantitative estimate of drug-likeness (QED) is 0.706. The maximum absolute atomic E-state index is 14.7. The van der Waals surface area contributed by atoms with Gasteiger partial charge in [-0.25, -0.2) is 9.37 Å². The Kier molecular flexibility index (Phi) is 5.33. The number of aryl methyl sites for hydroxylation is 1. The molecule has 7 nitrogen and oxygen atoms in total. The summed E-state index contributed by atoms with van der Waals surface area (Å²) in [7, 11) is 1.82. The normalized spacial score (nSPS) is 19.4.